The molecule has 0 aromatic heterocycles. The minimum Gasteiger partial charge on any atom is -0.465 e. The minimum absolute atomic E-state index is 0.310. The van der Waals surface area contributed by atoms with Gasteiger partial charge in [0, 0.05) is 6.61 Å². The summed E-state index contributed by atoms with van der Waals surface area (Å²) in [6.07, 6.45) is 2.15. The van der Waals surface area contributed by atoms with Gasteiger partial charge >= 0.3 is 5.97 Å². The highest BCUT2D eigenvalue weighted by Crippen LogP contribution is 2.11. The summed E-state index contributed by atoms with van der Waals surface area (Å²) in [4.78, 5) is 11.4. The molecule has 0 atom stereocenters. The van der Waals surface area contributed by atoms with E-state index in [9.17, 15) is 4.79 Å². The van der Waals surface area contributed by atoms with E-state index in [4.69, 9.17) is 9.47 Å². The number of benzene rings is 1. The molecule has 0 aliphatic carbocycles. The van der Waals surface area contributed by atoms with Crippen LogP contribution < -0.4 is 0 Å². The lowest BCUT2D eigenvalue weighted by atomic mass is 10.1. The van der Waals surface area contributed by atoms with E-state index in [1.54, 1.807) is 6.07 Å². The van der Waals surface area contributed by atoms with E-state index in [0.29, 0.717) is 12.2 Å². The lowest BCUT2D eigenvalue weighted by molar-refractivity contribution is 0.0592. The summed E-state index contributed by atoms with van der Waals surface area (Å²) in [7, 11) is 1.39. The third-order valence-electron chi connectivity index (χ3n) is 2.32. The Bertz CT molecular complexity index is 334. The van der Waals surface area contributed by atoms with Gasteiger partial charge in [-0.25, -0.2) is 4.79 Å². The Balaban J connectivity index is 2.60. The van der Waals surface area contributed by atoms with Crippen LogP contribution in [0.2, 0.25) is 0 Å². The Morgan fingerprint density at radius 1 is 1.31 bits per heavy atom. The van der Waals surface area contributed by atoms with Gasteiger partial charge in [0.1, 0.15) is 0 Å². The van der Waals surface area contributed by atoms with Gasteiger partial charge < -0.3 is 9.47 Å². The van der Waals surface area contributed by atoms with Crippen LogP contribution in [-0.4, -0.2) is 19.7 Å². The van der Waals surface area contributed by atoms with Crippen molar-refractivity contribution in [3.63, 3.8) is 0 Å². The molecule has 1 aromatic carbocycles. The maximum atomic E-state index is 11.4. The fraction of sp³-hybridized carbons (Fsp3) is 0.462. The van der Waals surface area contributed by atoms with Crippen LogP contribution >= 0.6 is 0 Å². The van der Waals surface area contributed by atoms with Gasteiger partial charge in [-0.15, -0.1) is 0 Å². The van der Waals surface area contributed by atoms with Crippen LogP contribution in [0, 0.1) is 0 Å². The Hall–Kier alpha value is -1.35. The molecule has 3 heteroatoms. The zero-order chi connectivity index (χ0) is 11.8. The predicted octanol–water partition coefficient (Wildman–Crippen LogP) is 2.79. The molecule has 0 saturated carbocycles. The molecule has 0 unspecified atom stereocenters. The van der Waals surface area contributed by atoms with Crippen LogP contribution in [0.1, 0.15) is 35.7 Å². The Morgan fingerprint density at radius 2 is 2.06 bits per heavy atom. The number of methoxy groups -OCH3 is 1. The fourth-order valence-corrected chi connectivity index (χ4v) is 1.38. The van der Waals surface area contributed by atoms with Gasteiger partial charge in [-0.3, -0.25) is 0 Å². The van der Waals surface area contributed by atoms with E-state index >= 15 is 0 Å². The van der Waals surface area contributed by atoms with Crippen molar-refractivity contribution < 1.29 is 14.3 Å². The minimum atomic E-state index is -0.310. The van der Waals surface area contributed by atoms with Gasteiger partial charge in [-0.05, 0) is 18.1 Å². The first-order chi connectivity index (χ1) is 7.79. The van der Waals surface area contributed by atoms with E-state index in [2.05, 4.69) is 6.92 Å². The molecule has 16 heavy (non-hydrogen) atoms. The lowest BCUT2D eigenvalue weighted by Gasteiger charge is -2.08. The number of unbranched alkanes of at least 4 members (excludes halogenated alkanes) is 1. The molecule has 1 rings (SSSR count). The van der Waals surface area contributed by atoms with Crippen LogP contribution in [0.25, 0.3) is 0 Å². The largest absolute Gasteiger partial charge is 0.465 e. The third kappa shape index (κ3) is 3.66. The number of hydrogen-bond acceptors (Lipinski definition) is 3. The molecule has 0 aliphatic rings. The van der Waals surface area contributed by atoms with Crippen molar-refractivity contribution in [1.82, 2.24) is 0 Å². The van der Waals surface area contributed by atoms with Crippen molar-refractivity contribution >= 4 is 5.97 Å². The maximum absolute atomic E-state index is 11.4. The van der Waals surface area contributed by atoms with Crippen LogP contribution in [0.4, 0.5) is 0 Å². The zero-order valence-electron chi connectivity index (χ0n) is 9.86. The Morgan fingerprint density at radius 3 is 2.75 bits per heavy atom. The van der Waals surface area contributed by atoms with Gasteiger partial charge in [-0.2, -0.15) is 0 Å². The van der Waals surface area contributed by atoms with Crippen molar-refractivity contribution in [1.29, 1.82) is 0 Å². The van der Waals surface area contributed by atoms with E-state index in [1.807, 2.05) is 18.2 Å². The average Bonchev–Trinajstić information content (AvgIpc) is 2.34. The molecule has 0 spiro atoms. The topological polar surface area (TPSA) is 35.5 Å². The Labute approximate surface area is 96.4 Å². The monoisotopic (exact) mass is 222 g/mol. The first kappa shape index (κ1) is 12.7. The van der Waals surface area contributed by atoms with E-state index in [0.717, 1.165) is 25.0 Å². The molecule has 0 amide bonds. The van der Waals surface area contributed by atoms with Crippen LogP contribution in [-0.2, 0) is 16.1 Å². The highest BCUT2D eigenvalue weighted by Gasteiger charge is 2.10. The predicted molar refractivity (Wildman–Crippen MR) is 62.3 cm³/mol. The molecule has 0 aliphatic heterocycles. The van der Waals surface area contributed by atoms with Crippen molar-refractivity contribution in [3.05, 3.63) is 35.4 Å². The average molecular weight is 222 g/mol. The van der Waals surface area contributed by atoms with Crippen LogP contribution in [0.3, 0.4) is 0 Å². The second-order valence-corrected chi connectivity index (χ2v) is 3.55. The SMILES string of the molecule is CCCCOCc1ccccc1C(=O)OC. The van der Waals surface area contributed by atoms with Gasteiger partial charge in [0.25, 0.3) is 0 Å². The van der Waals surface area contributed by atoms with E-state index < -0.39 is 0 Å². The normalized spacial score (nSPS) is 10.1. The molecule has 0 heterocycles. The molecule has 88 valence electrons. The quantitative estimate of drug-likeness (QED) is 0.548. The summed E-state index contributed by atoms with van der Waals surface area (Å²) in [5.41, 5.74) is 1.46. The second-order valence-electron chi connectivity index (χ2n) is 3.55. The molecule has 0 radical (unpaired) electrons. The van der Waals surface area contributed by atoms with Gasteiger partial charge in [-0.1, -0.05) is 31.5 Å². The molecule has 3 nitrogen and oxygen atoms in total. The number of carbonyl (C=O) groups is 1. The summed E-state index contributed by atoms with van der Waals surface area (Å²) < 4.78 is 10.2. The highest BCUT2D eigenvalue weighted by atomic mass is 16.5. The molecule has 0 fully saturated rings. The van der Waals surface area contributed by atoms with Gasteiger partial charge in [0.15, 0.2) is 0 Å². The summed E-state index contributed by atoms with van der Waals surface area (Å²) in [5, 5.41) is 0. The first-order valence-corrected chi connectivity index (χ1v) is 5.53. The van der Waals surface area contributed by atoms with Crippen LogP contribution in [0.15, 0.2) is 24.3 Å². The van der Waals surface area contributed by atoms with Crippen molar-refractivity contribution in [2.75, 3.05) is 13.7 Å². The molecular formula is C13H18O3. The standard InChI is InChI=1S/C13H18O3/c1-3-4-9-16-10-11-7-5-6-8-12(11)13(14)15-2/h5-8H,3-4,9-10H2,1-2H3. The fourth-order valence-electron chi connectivity index (χ4n) is 1.38. The number of rotatable bonds is 6. The zero-order valence-corrected chi connectivity index (χ0v) is 9.86. The summed E-state index contributed by atoms with van der Waals surface area (Å²) >= 11 is 0. The second kappa shape index (κ2) is 7.01. The van der Waals surface area contributed by atoms with Crippen LogP contribution in [0.5, 0.6) is 0 Å². The third-order valence-corrected chi connectivity index (χ3v) is 2.32. The number of esters is 1. The highest BCUT2D eigenvalue weighted by molar-refractivity contribution is 5.90. The number of hydrogen-bond donors (Lipinski definition) is 0. The van der Waals surface area contributed by atoms with Gasteiger partial charge in [0.05, 0.1) is 19.3 Å². The smallest absolute Gasteiger partial charge is 0.338 e. The molecular weight excluding hydrogens is 204 g/mol. The van der Waals surface area contributed by atoms with E-state index in [1.165, 1.54) is 7.11 Å². The van der Waals surface area contributed by atoms with Crippen molar-refractivity contribution in [3.8, 4) is 0 Å². The van der Waals surface area contributed by atoms with Crippen molar-refractivity contribution in [2.45, 2.75) is 26.4 Å². The first-order valence-electron chi connectivity index (χ1n) is 5.53. The molecule has 0 bridgehead atoms. The molecule has 0 saturated heterocycles. The molecule has 0 N–H and O–H groups in total. The molecule has 1 aromatic rings. The summed E-state index contributed by atoms with van der Waals surface area (Å²) in [6, 6.07) is 7.36. The van der Waals surface area contributed by atoms with Gasteiger partial charge in [0.2, 0.25) is 0 Å². The maximum Gasteiger partial charge on any atom is 0.338 e. The lowest BCUT2D eigenvalue weighted by Crippen LogP contribution is -2.07. The Kier molecular flexibility index (Phi) is 5.57. The number of ether oxygens (including phenoxy) is 2. The number of carbonyl (C=O) groups excluding carboxylic acids is 1. The summed E-state index contributed by atoms with van der Waals surface area (Å²) in [5.74, 6) is -0.310. The van der Waals surface area contributed by atoms with E-state index in [-0.39, 0.29) is 5.97 Å². The summed E-state index contributed by atoms with van der Waals surface area (Å²) in [6.45, 7) is 3.31. The van der Waals surface area contributed by atoms with Crippen molar-refractivity contribution in [2.24, 2.45) is 0 Å².